The molecule has 0 atom stereocenters. The summed E-state index contributed by atoms with van der Waals surface area (Å²) in [5.41, 5.74) is -0.0123. The number of nitrogens with zero attached hydrogens (tertiary/aromatic N) is 1. The summed E-state index contributed by atoms with van der Waals surface area (Å²) in [4.78, 5) is 3.96. The second-order valence-electron chi connectivity index (χ2n) is 3.23. The lowest BCUT2D eigenvalue weighted by Crippen LogP contribution is -1.97. The largest absolute Gasteiger partial charge is 0.337 e. The van der Waals surface area contributed by atoms with Crippen molar-refractivity contribution in [3.05, 3.63) is 51.6 Å². The quantitative estimate of drug-likeness (QED) is 0.880. The highest BCUT2D eigenvalue weighted by Crippen LogP contribution is 2.27. The molecular weight excluding hydrogens is 313 g/mol. The number of hydrogen-bond donors (Lipinski definition) is 1. The maximum absolute atomic E-state index is 13.4. The number of anilines is 2. The molecule has 0 bridgehead atoms. The predicted molar refractivity (Wildman–Crippen MR) is 66.6 cm³/mol. The first-order valence-corrected chi connectivity index (χ1v) is 5.76. The average Bonchev–Trinajstić information content (AvgIpc) is 2.27. The Balaban J connectivity index is 2.34. The van der Waals surface area contributed by atoms with Gasteiger partial charge in [-0.1, -0.05) is 11.6 Å². The molecule has 0 saturated heterocycles. The summed E-state index contributed by atoms with van der Waals surface area (Å²) in [6, 6.07) is 4.71. The molecule has 0 amide bonds. The Labute approximate surface area is 110 Å². The normalized spacial score (nSPS) is 10.4. The molecule has 6 heteroatoms. The summed E-state index contributed by atoms with van der Waals surface area (Å²) in [5, 5.41) is 2.94. The molecule has 88 valence electrons. The Bertz CT molecular complexity index is 563. The van der Waals surface area contributed by atoms with Crippen LogP contribution < -0.4 is 5.32 Å². The highest BCUT2D eigenvalue weighted by atomic mass is 79.9. The van der Waals surface area contributed by atoms with Crippen molar-refractivity contribution in [3.8, 4) is 0 Å². The van der Waals surface area contributed by atoms with Gasteiger partial charge in [-0.15, -0.1) is 0 Å². The van der Waals surface area contributed by atoms with Crippen LogP contribution in [0.2, 0.25) is 5.02 Å². The fraction of sp³-hybridized carbons (Fsp3) is 0. The molecule has 0 aliphatic rings. The lowest BCUT2D eigenvalue weighted by atomic mass is 10.3. The molecule has 0 aliphatic carbocycles. The van der Waals surface area contributed by atoms with E-state index in [0.29, 0.717) is 9.50 Å². The van der Waals surface area contributed by atoms with Crippen LogP contribution in [-0.4, -0.2) is 4.98 Å². The molecule has 0 fully saturated rings. The maximum Gasteiger partial charge on any atom is 0.149 e. The summed E-state index contributed by atoms with van der Waals surface area (Å²) in [7, 11) is 0. The van der Waals surface area contributed by atoms with Crippen LogP contribution in [0.4, 0.5) is 20.3 Å². The molecule has 1 aromatic heterocycles. The van der Waals surface area contributed by atoms with Gasteiger partial charge >= 0.3 is 0 Å². The molecule has 1 heterocycles. The third kappa shape index (κ3) is 2.92. The van der Waals surface area contributed by atoms with Crippen LogP contribution in [0.3, 0.4) is 0 Å². The van der Waals surface area contributed by atoms with Crippen LogP contribution in [0.25, 0.3) is 0 Å². The van der Waals surface area contributed by atoms with E-state index in [2.05, 4.69) is 26.2 Å². The number of hydrogen-bond acceptors (Lipinski definition) is 2. The van der Waals surface area contributed by atoms with Gasteiger partial charge in [0.05, 0.1) is 10.7 Å². The van der Waals surface area contributed by atoms with Crippen molar-refractivity contribution in [1.29, 1.82) is 0 Å². The van der Waals surface area contributed by atoms with Gasteiger partial charge in [0.15, 0.2) is 0 Å². The van der Waals surface area contributed by atoms with E-state index < -0.39 is 11.6 Å². The minimum Gasteiger partial charge on any atom is -0.337 e. The van der Waals surface area contributed by atoms with Crippen molar-refractivity contribution in [3.63, 3.8) is 0 Å². The smallest absolute Gasteiger partial charge is 0.149 e. The van der Waals surface area contributed by atoms with Crippen LogP contribution in [0, 0.1) is 11.6 Å². The van der Waals surface area contributed by atoms with Crippen molar-refractivity contribution in [2.75, 3.05) is 5.32 Å². The number of nitrogens with one attached hydrogen (secondary N) is 1. The van der Waals surface area contributed by atoms with Crippen LogP contribution in [0.1, 0.15) is 0 Å². The molecule has 0 aliphatic heterocycles. The molecule has 1 N–H and O–H groups in total. The Morgan fingerprint density at radius 2 is 2.00 bits per heavy atom. The molecule has 2 aromatic rings. The van der Waals surface area contributed by atoms with Gasteiger partial charge in [0.25, 0.3) is 0 Å². The van der Waals surface area contributed by atoms with E-state index in [4.69, 9.17) is 11.6 Å². The monoisotopic (exact) mass is 318 g/mol. The van der Waals surface area contributed by atoms with Crippen LogP contribution in [-0.2, 0) is 0 Å². The zero-order valence-electron chi connectivity index (χ0n) is 8.35. The molecule has 17 heavy (non-hydrogen) atoms. The van der Waals surface area contributed by atoms with Gasteiger partial charge < -0.3 is 5.32 Å². The number of aromatic nitrogens is 1. The molecule has 2 rings (SSSR count). The van der Waals surface area contributed by atoms with Crippen molar-refractivity contribution in [2.45, 2.75) is 0 Å². The van der Waals surface area contributed by atoms with E-state index in [0.717, 1.165) is 18.2 Å². The third-order valence-electron chi connectivity index (χ3n) is 1.99. The minimum absolute atomic E-state index is 0.0123. The fourth-order valence-electron chi connectivity index (χ4n) is 1.23. The lowest BCUT2D eigenvalue weighted by Gasteiger charge is -2.08. The maximum atomic E-state index is 13.4. The average molecular weight is 320 g/mol. The minimum atomic E-state index is -0.577. The molecule has 0 spiro atoms. The van der Waals surface area contributed by atoms with Gasteiger partial charge in [-0.05, 0) is 34.1 Å². The zero-order chi connectivity index (χ0) is 12.4. The summed E-state index contributed by atoms with van der Waals surface area (Å²) >= 11 is 9.10. The number of rotatable bonds is 2. The van der Waals surface area contributed by atoms with Crippen molar-refractivity contribution < 1.29 is 8.78 Å². The molecule has 0 radical (unpaired) electrons. The topological polar surface area (TPSA) is 24.9 Å². The fourth-order valence-corrected chi connectivity index (χ4v) is 1.90. The Hall–Kier alpha value is -1.20. The van der Waals surface area contributed by atoms with Gasteiger partial charge in [-0.2, -0.15) is 0 Å². The van der Waals surface area contributed by atoms with E-state index >= 15 is 0 Å². The third-order valence-corrected chi connectivity index (χ3v) is 2.71. The molecule has 0 saturated carbocycles. The van der Waals surface area contributed by atoms with E-state index in [1.54, 1.807) is 6.07 Å². The molecule has 0 unspecified atom stereocenters. The summed E-state index contributed by atoms with van der Waals surface area (Å²) in [6.07, 6.45) is 1.51. The number of benzene rings is 1. The molecule has 2 nitrogen and oxygen atoms in total. The van der Waals surface area contributed by atoms with Crippen molar-refractivity contribution in [2.24, 2.45) is 0 Å². The van der Waals surface area contributed by atoms with Crippen molar-refractivity contribution in [1.82, 2.24) is 4.98 Å². The molecule has 1 aromatic carbocycles. The Morgan fingerprint density at radius 3 is 2.71 bits per heavy atom. The predicted octanol–water partition coefficient (Wildman–Crippen LogP) is 4.52. The first kappa shape index (κ1) is 12.3. The van der Waals surface area contributed by atoms with E-state index in [9.17, 15) is 8.78 Å². The number of halogens is 4. The summed E-state index contributed by atoms with van der Waals surface area (Å²) in [6.45, 7) is 0. The Morgan fingerprint density at radius 1 is 1.24 bits per heavy atom. The molecular formula is C11H6BrClF2N2. The van der Waals surface area contributed by atoms with Crippen LogP contribution in [0.5, 0.6) is 0 Å². The first-order chi connectivity index (χ1) is 8.06. The van der Waals surface area contributed by atoms with E-state index in [-0.39, 0.29) is 11.5 Å². The van der Waals surface area contributed by atoms with Gasteiger partial charge in [0.1, 0.15) is 17.5 Å². The lowest BCUT2D eigenvalue weighted by molar-refractivity contribution is 0.603. The first-order valence-electron chi connectivity index (χ1n) is 4.59. The van der Waals surface area contributed by atoms with Crippen molar-refractivity contribution >= 4 is 39.0 Å². The Kier molecular flexibility index (Phi) is 3.59. The van der Waals surface area contributed by atoms with Gasteiger partial charge in [0.2, 0.25) is 0 Å². The highest BCUT2D eigenvalue weighted by Gasteiger charge is 2.07. The summed E-state index contributed by atoms with van der Waals surface area (Å²) < 4.78 is 27.0. The number of pyridine rings is 1. The SMILES string of the molecule is Fc1ccc(F)c(Nc2ncc(Br)cc2Cl)c1. The van der Waals surface area contributed by atoms with Gasteiger partial charge in [-0.3, -0.25) is 0 Å². The van der Waals surface area contributed by atoms with Gasteiger partial charge in [-0.25, -0.2) is 13.8 Å². The zero-order valence-corrected chi connectivity index (χ0v) is 10.7. The summed E-state index contributed by atoms with van der Waals surface area (Å²) in [5.74, 6) is -0.853. The van der Waals surface area contributed by atoms with E-state index in [1.165, 1.54) is 6.20 Å². The standard InChI is InChI=1S/C11H6BrClF2N2/c12-6-3-8(13)11(16-5-6)17-10-4-7(14)1-2-9(10)15/h1-5H,(H,16,17). The highest BCUT2D eigenvalue weighted by molar-refractivity contribution is 9.10. The van der Waals surface area contributed by atoms with E-state index in [1.807, 2.05) is 0 Å². The second kappa shape index (κ2) is 4.98. The van der Waals surface area contributed by atoms with Gasteiger partial charge in [0, 0.05) is 16.7 Å². The second-order valence-corrected chi connectivity index (χ2v) is 4.56. The van der Waals surface area contributed by atoms with Crippen LogP contribution >= 0.6 is 27.5 Å². The van der Waals surface area contributed by atoms with Crippen LogP contribution in [0.15, 0.2) is 34.9 Å².